The highest BCUT2D eigenvalue weighted by Crippen LogP contribution is 2.36. The number of benzene rings is 1. The number of sulfonamides is 1. The fourth-order valence-electron chi connectivity index (χ4n) is 5.46. The van der Waals surface area contributed by atoms with Gasteiger partial charge in [-0.05, 0) is 44.9 Å². The smallest absolute Gasteiger partial charge is 0.281 e. The quantitative estimate of drug-likeness (QED) is 0.496. The molecule has 2 aromatic rings. The number of hydrogen-bond acceptors (Lipinski definition) is 7. The first-order chi connectivity index (χ1) is 18.1. The van der Waals surface area contributed by atoms with Crippen LogP contribution in [0.2, 0.25) is 0 Å². The molecule has 1 aliphatic carbocycles. The number of aryl methyl sites for hydroxylation is 1. The van der Waals surface area contributed by atoms with Crippen LogP contribution in [0, 0.1) is 11.8 Å². The van der Waals surface area contributed by atoms with Crippen molar-refractivity contribution in [2.24, 2.45) is 18.9 Å². The Hall–Kier alpha value is -2.63. The molecule has 0 bridgehead atoms. The average molecular weight is 548 g/mol. The topological polar surface area (TPSA) is 117 Å². The highest BCUT2D eigenvalue weighted by atomic mass is 32.2. The zero-order valence-electron chi connectivity index (χ0n) is 22.8. The zero-order valence-corrected chi connectivity index (χ0v) is 23.7. The van der Waals surface area contributed by atoms with Crippen LogP contribution in [0.1, 0.15) is 56.3 Å². The Morgan fingerprint density at radius 3 is 2.63 bits per heavy atom. The van der Waals surface area contributed by atoms with Crippen molar-refractivity contribution >= 4 is 21.6 Å². The van der Waals surface area contributed by atoms with E-state index in [0.29, 0.717) is 19.0 Å². The molecule has 210 valence electrons. The number of para-hydroxylation sites is 1. The van der Waals surface area contributed by atoms with Crippen LogP contribution in [-0.2, 0) is 17.1 Å². The highest BCUT2D eigenvalue weighted by Gasteiger charge is 2.35. The second-order valence-corrected chi connectivity index (χ2v) is 12.6. The van der Waals surface area contributed by atoms with E-state index in [1.165, 1.54) is 44.6 Å². The van der Waals surface area contributed by atoms with Crippen LogP contribution in [0.25, 0.3) is 0 Å². The summed E-state index contributed by atoms with van der Waals surface area (Å²) in [5.74, 6) is 0.504. The SMILES string of the molecule is C[C@H]1CN([C@@H](C)CO)C(=O)c2cccc(NS(=O)(=O)c3cn(C)cn3)c2O[C@H]1CN(C)CC1CCCCC1. The van der Waals surface area contributed by atoms with Gasteiger partial charge in [-0.3, -0.25) is 9.52 Å². The summed E-state index contributed by atoms with van der Waals surface area (Å²) < 4.78 is 36.9. The number of nitrogens with one attached hydrogen (secondary N) is 1. The second-order valence-electron chi connectivity index (χ2n) is 11.0. The number of ether oxygens (including phenoxy) is 1. The number of amides is 1. The Morgan fingerprint density at radius 2 is 1.97 bits per heavy atom. The van der Waals surface area contributed by atoms with Gasteiger partial charge in [-0.25, -0.2) is 4.98 Å². The molecule has 2 aliphatic rings. The second kappa shape index (κ2) is 12.0. The number of carbonyl (C=O) groups is 1. The van der Waals surface area contributed by atoms with Crippen molar-refractivity contribution in [3.05, 3.63) is 36.3 Å². The zero-order chi connectivity index (χ0) is 27.4. The highest BCUT2D eigenvalue weighted by molar-refractivity contribution is 7.92. The standard InChI is InChI=1S/C27H41N5O5S/c1-19-13-32(20(2)17-33)27(34)22-11-8-12-23(29-38(35,36)25-16-31(4)18-28-25)26(22)37-24(19)15-30(3)14-21-9-6-5-7-10-21/h8,11-12,16,18-21,24,29,33H,5-7,9-10,13-15,17H2,1-4H3/t19-,20-,24-/m0/s1. The molecule has 2 heterocycles. The number of rotatable bonds is 9. The van der Waals surface area contributed by atoms with Crippen molar-refractivity contribution in [1.29, 1.82) is 0 Å². The lowest BCUT2D eigenvalue weighted by atomic mass is 9.89. The Balaban J connectivity index is 1.67. The number of aliphatic hydroxyl groups is 1. The fourth-order valence-corrected chi connectivity index (χ4v) is 6.50. The van der Waals surface area contributed by atoms with Gasteiger partial charge in [0, 0.05) is 38.8 Å². The Labute approximate surface area is 226 Å². The lowest BCUT2D eigenvalue weighted by Crippen LogP contribution is -2.50. The van der Waals surface area contributed by atoms with Gasteiger partial charge in [-0.2, -0.15) is 8.42 Å². The number of aromatic nitrogens is 2. The predicted octanol–water partition coefficient (Wildman–Crippen LogP) is 2.95. The van der Waals surface area contributed by atoms with Gasteiger partial charge >= 0.3 is 0 Å². The molecule has 10 nitrogen and oxygen atoms in total. The first-order valence-electron chi connectivity index (χ1n) is 13.5. The molecule has 1 fully saturated rings. The van der Waals surface area contributed by atoms with Crippen LogP contribution in [0.5, 0.6) is 5.75 Å². The van der Waals surface area contributed by atoms with E-state index < -0.39 is 16.1 Å². The van der Waals surface area contributed by atoms with Crippen molar-refractivity contribution in [3.8, 4) is 5.75 Å². The number of fused-ring (bicyclic) bond motifs is 1. The predicted molar refractivity (Wildman–Crippen MR) is 146 cm³/mol. The summed E-state index contributed by atoms with van der Waals surface area (Å²) in [6.45, 7) is 5.70. The number of anilines is 1. The van der Waals surface area contributed by atoms with Gasteiger partial charge in [0.05, 0.1) is 30.2 Å². The van der Waals surface area contributed by atoms with Crippen molar-refractivity contribution in [1.82, 2.24) is 19.4 Å². The van der Waals surface area contributed by atoms with Crippen molar-refractivity contribution in [2.45, 2.75) is 63.1 Å². The molecule has 2 N–H and O–H groups in total. The van der Waals surface area contributed by atoms with E-state index in [1.54, 1.807) is 34.7 Å². The number of hydrogen-bond donors (Lipinski definition) is 2. The van der Waals surface area contributed by atoms with Crippen molar-refractivity contribution in [2.75, 3.05) is 38.0 Å². The molecular formula is C27H41N5O5S. The fraction of sp³-hybridized carbons (Fsp3) is 0.630. The van der Waals surface area contributed by atoms with Crippen LogP contribution in [0.15, 0.2) is 35.7 Å². The molecule has 0 spiro atoms. The summed E-state index contributed by atoms with van der Waals surface area (Å²) in [6, 6.07) is 4.48. The van der Waals surface area contributed by atoms with E-state index in [2.05, 4.69) is 21.7 Å². The molecule has 0 unspecified atom stereocenters. The number of aliphatic hydroxyl groups excluding tert-OH is 1. The summed E-state index contributed by atoms with van der Waals surface area (Å²) in [5, 5.41) is 9.77. The molecule has 1 saturated carbocycles. The van der Waals surface area contributed by atoms with Crippen LogP contribution in [-0.4, -0.2) is 84.2 Å². The van der Waals surface area contributed by atoms with Gasteiger partial charge in [0.2, 0.25) is 0 Å². The van der Waals surface area contributed by atoms with Gasteiger partial charge in [0.1, 0.15) is 6.10 Å². The maximum Gasteiger partial charge on any atom is 0.281 e. The molecule has 1 aromatic heterocycles. The Morgan fingerprint density at radius 1 is 1.24 bits per heavy atom. The molecule has 0 saturated heterocycles. The van der Waals surface area contributed by atoms with E-state index >= 15 is 0 Å². The summed E-state index contributed by atoms with van der Waals surface area (Å²) in [7, 11) is -0.220. The maximum absolute atomic E-state index is 13.6. The molecule has 0 radical (unpaired) electrons. The van der Waals surface area contributed by atoms with Gasteiger partial charge < -0.3 is 24.2 Å². The van der Waals surface area contributed by atoms with E-state index in [4.69, 9.17) is 4.74 Å². The molecule has 3 atom stereocenters. The average Bonchev–Trinajstić information content (AvgIpc) is 3.34. The number of imidazole rings is 1. The molecule has 38 heavy (non-hydrogen) atoms. The summed E-state index contributed by atoms with van der Waals surface area (Å²) in [4.78, 5) is 21.6. The Bertz CT molecular complexity index is 1210. The largest absolute Gasteiger partial charge is 0.486 e. The molecule has 1 aliphatic heterocycles. The van der Waals surface area contributed by atoms with Crippen LogP contribution < -0.4 is 9.46 Å². The summed E-state index contributed by atoms with van der Waals surface area (Å²) in [5.41, 5.74) is 0.450. The number of likely N-dealkylation sites (N-methyl/N-ethyl adjacent to an activating group) is 1. The molecule has 1 aromatic carbocycles. The van der Waals surface area contributed by atoms with Gasteiger partial charge in [-0.15, -0.1) is 0 Å². The van der Waals surface area contributed by atoms with E-state index in [-0.39, 0.29) is 46.6 Å². The Kier molecular flexibility index (Phi) is 9.00. The number of nitrogens with zero attached hydrogens (tertiary/aromatic N) is 4. The van der Waals surface area contributed by atoms with E-state index in [1.807, 2.05) is 13.8 Å². The third-order valence-electron chi connectivity index (χ3n) is 7.68. The number of carbonyl (C=O) groups excluding carboxylic acids is 1. The molecule has 1 amide bonds. The lowest BCUT2D eigenvalue weighted by molar-refractivity contribution is 0.0333. The first kappa shape index (κ1) is 28.4. The molecule has 4 rings (SSSR count). The third kappa shape index (κ3) is 6.50. The normalized spacial score (nSPS) is 21.9. The van der Waals surface area contributed by atoms with Crippen LogP contribution >= 0.6 is 0 Å². The summed E-state index contributed by atoms with van der Waals surface area (Å²) in [6.07, 6.45) is 8.87. The molecular weight excluding hydrogens is 506 g/mol. The van der Waals surface area contributed by atoms with E-state index in [9.17, 15) is 18.3 Å². The molecule has 11 heteroatoms. The third-order valence-corrected chi connectivity index (χ3v) is 8.93. The minimum absolute atomic E-state index is 0.0599. The van der Waals surface area contributed by atoms with Gasteiger partial charge in [-0.1, -0.05) is 32.3 Å². The summed E-state index contributed by atoms with van der Waals surface area (Å²) >= 11 is 0. The van der Waals surface area contributed by atoms with Crippen molar-refractivity contribution in [3.63, 3.8) is 0 Å². The van der Waals surface area contributed by atoms with E-state index in [0.717, 1.165) is 6.54 Å². The lowest BCUT2D eigenvalue weighted by Gasteiger charge is -2.39. The van der Waals surface area contributed by atoms with Crippen LogP contribution in [0.3, 0.4) is 0 Å². The van der Waals surface area contributed by atoms with Gasteiger partial charge in [0.25, 0.3) is 15.9 Å². The minimum Gasteiger partial charge on any atom is -0.486 e. The van der Waals surface area contributed by atoms with Crippen LogP contribution in [0.4, 0.5) is 5.69 Å². The minimum atomic E-state index is -4.01. The van der Waals surface area contributed by atoms with Gasteiger partial charge in [0.15, 0.2) is 10.8 Å². The maximum atomic E-state index is 13.6. The first-order valence-corrected chi connectivity index (χ1v) is 15.0. The monoisotopic (exact) mass is 547 g/mol. The van der Waals surface area contributed by atoms with Crippen molar-refractivity contribution < 1.29 is 23.1 Å².